The molecule has 0 fully saturated rings. The van der Waals surface area contributed by atoms with E-state index in [-0.39, 0.29) is 12.0 Å². The van der Waals surface area contributed by atoms with Crippen molar-refractivity contribution in [2.24, 2.45) is 0 Å². The summed E-state index contributed by atoms with van der Waals surface area (Å²) in [7, 11) is 1.39. The van der Waals surface area contributed by atoms with Gasteiger partial charge in [0.2, 0.25) is 0 Å². The van der Waals surface area contributed by atoms with Crippen molar-refractivity contribution in [3.8, 4) is 0 Å². The molecule has 0 saturated heterocycles. The van der Waals surface area contributed by atoms with E-state index in [4.69, 9.17) is 4.74 Å². The average molecular weight is 270 g/mol. The number of aromatic nitrogens is 1. The van der Waals surface area contributed by atoms with Crippen LogP contribution in [-0.4, -0.2) is 18.1 Å². The molecule has 0 aliphatic rings. The summed E-state index contributed by atoms with van der Waals surface area (Å²) in [5.74, 6) is -0.323. The average Bonchev–Trinajstić information content (AvgIpc) is 2.49. The maximum Gasteiger partial charge on any atom is 0.338 e. The Labute approximate surface area is 118 Å². The molecular weight excluding hydrogens is 252 g/mol. The number of ether oxygens (including phenoxy) is 1. The monoisotopic (exact) mass is 270 g/mol. The second-order valence-electron chi connectivity index (χ2n) is 4.59. The van der Waals surface area contributed by atoms with Crippen LogP contribution in [0.3, 0.4) is 0 Å². The minimum absolute atomic E-state index is 0.0581. The van der Waals surface area contributed by atoms with E-state index in [0.717, 1.165) is 16.9 Å². The quantitative estimate of drug-likeness (QED) is 0.866. The van der Waals surface area contributed by atoms with Crippen molar-refractivity contribution in [2.45, 2.75) is 19.9 Å². The topological polar surface area (TPSA) is 51.2 Å². The van der Waals surface area contributed by atoms with Gasteiger partial charge in [0.25, 0.3) is 0 Å². The highest BCUT2D eigenvalue weighted by molar-refractivity contribution is 5.92. The van der Waals surface area contributed by atoms with Gasteiger partial charge in [-0.2, -0.15) is 0 Å². The van der Waals surface area contributed by atoms with Crippen molar-refractivity contribution in [3.05, 3.63) is 59.4 Å². The summed E-state index contributed by atoms with van der Waals surface area (Å²) in [6.07, 6.45) is 1.77. The summed E-state index contributed by atoms with van der Waals surface area (Å²) in [5.41, 5.74) is 3.31. The number of methoxy groups -OCH3 is 1. The number of rotatable bonds is 4. The lowest BCUT2D eigenvalue weighted by Crippen LogP contribution is -2.11. The van der Waals surface area contributed by atoms with Gasteiger partial charge in [-0.3, -0.25) is 4.98 Å². The van der Waals surface area contributed by atoms with E-state index in [9.17, 15) is 4.79 Å². The third-order valence-corrected chi connectivity index (χ3v) is 3.24. The lowest BCUT2D eigenvalue weighted by atomic mass is 10.1. The Morgan fingerprint density at radius 1 is 1.25 bits per heavy atom. The molecule has 0 bridgehead atoms. The first-order chi connectivity index (χ1) is 9.63. The van der Waals surface area contributed by atoms with Crippen LogP contribution in [0, 0.1) is 6.92 Å². The van der Waals surface area contributed by atoms with Crippen LogP contribution < -0.4 is 5.32 Å². The molecule has 4 nitrogen and oxygen atoms in total. The third kappa shape index (κ3) is 2.96. The Morgan fingerprint density at radius 3 is 2.70 bits per heavy atom. The molecule has 2 rings (SSSR count). The van der Waals surface area contributed by atoms with E-state index < -0.39 is 0 Å². The Hall–Kier alpha value is -2.36. The normalized spacial score (nSPS) is 11.8. The molecule has 0 amide bonds. The number of benzene rings is 1. The first kappa shape index (κ1) is 14.1. The van der Waals surface area contributed by atoms with E-state index in [1.165, 1.54) is 7.11 Å². The fourth-order valence-electron chi connectivity index (χ4n) is 2.06. The van der Waals surface area contributed by atoms with Crippen molar-refractivity contribution < 1.29 is 9.53 Å². The Morgan fingerprint density at radius 2 is 2.05 bits per heavy atom. The predicted molar refractivity (Wildman–Crippen MR) is 78.8 cm³/mol. The predicted octanol–water partition coefficient (Wildman–Crippen LogP) is 3.35. The standard InChI is InChI=1S/C16H18N2O2/c1-11-13(16(19)20-3)7-6-9-14(11)18-12(2)15-8-4-5-10-17-15/h4-10,12,18H,1-3H3. The zero-order valence-electron chi connectivity index (χ0n) is 11.9. The molecular formula is C16H18N2O2. The molecule has 0 spiro atoms. The van der Waals surface area contributed by atoms with Crippen LogP contribution in [0.1, 0.15) is 34.6 Å². The summed E-state index contributed by atoms with van der Waals surface area (Å²) in [6.45, 7) is 3.94. The van der Waals surface area contributed by atoms with E-state index >= 15 is 0 Å². The van der Waals surface area contributed by atoms with Crippen molar-refractivity contribution >= 4 is 11.7 Å². The summed E-state index contributed by atoms with van der Waals surface area (Å²) in [4.78, 5) is 16.0. The van der Waals surface area contributed by atoms with Crippen LogP contribution >= 0.6 is 0 Å². The van der Waals surface area contributed by atoms with Gasteiger partial charge >= 0.3 is 5.97 Å². The van der Waals surface area contributed by atoms with Crippen LogP contribution in [0.2, 0.25) is 0 Å². The SMILES string of the molecule is COC(=O)c1cccc(NC(C)c2ccccn2)c1C. The maximum atomic E-state index is 11.7. The third-order valence-electron chi connectivity index (χ3n) is 3.24. The smallest absolute Gasteiger partial charge is 0.338 e. The Kier molecular flexibility index (Phi) is 4.35. The van der Waals surface area contributed by atoms with E-state index in [1.807, 2.05) is 44.2 Å². The van der Waals surface area contributed by atoms with Gasteiger partial charge < -0.3 is 10.1 Å². The number of pyridine rings is 1. The van der Waals surface area contributed by atoms with Crippen molar-refractivity contribution in [1.29, 1.82) is 0 Å². The largest absolute Gasteiger partial charge is 0.465 e. The van der Waals surface area contributed by atoms with Crippen LogP contribution in [0.15, 0.2) is 42.6 Å². The molecule has 1 aromatic heterocycles. The van der Waals surface area contributed by atoms with Crippen LogP contribution in [-0.2, 0) is 4.74 Å². The van der Waals surface area contributed by atoms with Gasteiger partial charge in [0.15, 0.2) is 0 Å². The number of hydrogen-bond donors (Lipinski definition) is 1. The number of anilines is 1. The second-order valence-corrected chi connectivity index (χ2v) is 4.59. The van der Waals surface area contributed by atoms with Gasteiger partial charge in [-0.15, -0.1) is 0 Å². The number of carbonyl (C=O) groups excluding carboxylic acids is 1. The lowest BCUT2D eigenvalue weighted by Gasteiger charge is -2.17. The zero-order chi connectivity index (χ0) is 14.5. The van der Waals surface area contributed by atoms with Crippen LogP contribution in [0.5, 0.6) is 0 Å². The number of nitrogens with zero attached hydrogens (tertiary/aromatic N) is 1. The van der Waals surface area contributed by atoms with Crippen LogP contribution in [0.4, 0.5) is 5.69 Å². The van der Waals surface area contributed by atoms with Crippen LogP contribution in [0.25, 0.3) is 0 Å². The summed E-state index contributed by atoms with van der Waals surface area (Å²) in [6, 6.07) is 11.4. The maximum absolute atomic E-state index is 11.7. The van der Waals surface area contributed by atoms with Crippen molar-refractivity contribution in [1.82, 2.24) is 4.98 Å². The molecule has 0 aliphatic heterocycles. The molecule has 104 valence electrons. The molecule has 20 heavy (non-hydrogen) atoms. The second kappa shape index (κ2) is 6.19. The van der Waals surface area contributed by atoms with E-state index in [1.54, 1.807) is 12.3 Å². The number of carbonyl (C=O) groups is 1. The van der Waals surface area contributed by atoms with Crippen molar-refractivity contribution in [3.63, 3.8) is 0 Å². The van der Waals surface area contributed by atoms with Gasteiger partial charge in [0.1, 0.15) is 0 Å². The van der Waals surface area contributed by atoms with Gasteiger partial charge in [-0.05, 0) is 43.7 Å². The summed E-state index contributed by atoms with van der Waals surface area (Å²) < 4.78 is 4.78. The highest BCUT2D eigenvalue weighted by Crippen LogP contribution is 2.24. The fourth-order valence-corrected chi connectivity index (χ4v) is 2.06. The van der Waals surface area contributed by atoms with Gasteiger partial charge in [-0.1, -0.05) is 12.1 Å². The molecule has 1 aromatic carbocycles. The first-order valence-electron chi connectivity index (χ1n) is 6.49. The zero-order valence-corrected chi connectivity index (χ0v) is 11.9. The van der Waals surface area contributed by atoms with Gasteiger partial charge in [-0.25, -0.2) is 4.79 Å². The molecule has 4 heteroatoms. The Balaban J connectivity index is 2.24. The lowest BCUT2D eigenvalue weighted by molar-refractivity contribution is 0.0600. The molecule has 1 N–H and O–H groups in total. The van der Waals surface area contributed by atoms with Gasteiger partial charge in [0.05, 0.1) is 24.4 Å². The molecule has 1 heterocycles. The van der Waals surface area contributed by atoms with Gasteiger partial charge in [0, 0.05) is 11.9 Å². The van der Waals surface area contributed by atoms with E-state index in [2.05, 4.69) is 10.3 Å². The first-order valence-corrected chi connectivity index (χ1v) is 6.49. The summed E-state index contributed by atoms with van der Waals surface area (Å²) >= 11 is 0. The molecule has 2 aromatic rings. The highest BCUT2D eigenvalue weighted by atomic mass is 16.5. The highest BCUT2D eigenvalue weighted by Gasteiger charge is 2.13. The number of hydrogen-bond acceptors (Lipinski definition) is 4. The molecule has 0 saturated carbocycles. The van der Waals surface area contributed by atoms with E-state index in [0.29, 0.717) is 5.56 Å². The number of nitrogens with one attached hydrogen (secondary N) is 1. The molecule has 1 unspecified atom stereocenters. The molecule has 0 aliphatic carbocycles. The minimum Gasteiger partial charge on any atom is -0.465 e. The minimum atomic E-state index is -0.323. The fraction of sp³-hybridized carbons (Fsp3) is 0.250. The Bertz CT molecular complexity index is 597. The number of esters is 1. The summed E-state index contributed by atoms with van der Waals surface area (Å²) in [5, 5.41) is 3.38. The molecule has 1 atom stereocenters. The molecule has 0 radical (unpaired) electrons. The van der Waals surface area contributed by atoms with Crippen molar-refractivity contribution in [2.75, 3.05) is 12.4 Å².